The molecule has 7 heteroatoms. The molecular weight excluding hydrogens is 396 g/mol. The molecule has 0 bridgehead atoms. The van der Waals surface area contributed by atoms with Crippen LogP contribution in [0.3, 0.4) is 0 Å². The Kier molecular flexibility index (Phi) is 4.93. The molecule has 0 saturated heterocycles. The molecule has 2 aromatic rings. The summed E-state index contributed by atoms with van der Waals surface area (Å²) in [5, 5.41) is 5.59. The van der Waals surface area contributed by atoms with Crippen LogP contribution >= 0.6 is 31.9 Å². The first-order valence-electron chi connectivity index (χ1n) is 5.84. The maximum atomic E-state index is 13.8. The molecular formula is C13H11Br2F2N3. The Hall–Kier alpha value is -1.21. The second kappa shape index (κ2) is 6.49. The Balaban J connectivity index is 2.40. The van der Waals surface area contributed by atoms with Crippen molar-refractivity contribution in [1.82, 2.24) is 4.98 Å². The molecule has 0 saturated carbocycles. The lowest BCUT2D eigenvalue weighted by Crippen LogP contribution is -2.06. The van der Waals surface area contributed by atoms with E-state index in [0.717, 1.165) is 15.0 Å². The van der Waals surface area contributed by atoms with Crippen molar-refractivity contribution in [1.29, 1.82) is 0 Å². The summed E-state index contributed by atoms with van der Waals surface area (Å²) in [5.41, 5.74) is 0.618. The van der Waals surface area contributed by atoms with Gasteiger partial charge in [-0.2, -0.15) is 0 Å². The van der Waals surface area contributed by atoms with E-state index in [4.69, 9.17) is 0 Å². The summed E-state index contributed by atoms with van der Waals surface area (Å²) < 4.78 is 28.8. The number of aromatic nitrogens is 1. The molecule has 0 spiro atoms. The average Bonchev–Trinajstić information content (AvgIpc) is 2.39. The molecule has 0 unspecified atom stereocenters. The molecule has 0 amide bonds. The number of pyridine rings is 1. The highest BCUT2D eigenvalue weighted by molar-refractivity contribution is 9.11. The summed E-state index contributed by atoms with van der Waals surface area (Å²) in [5.74, 6) is -1.51. The Bertz CT molecular complexity index is 615. The lowest BCUT2D eigenvalue weighted by molar-refractivity contribution is 0.579. The second-order valence-corrected chi connectivity index (χ2v) is 5.61. The Morgan fingerprint density at radius 2 is 1.70 bits per heavy atom. The molecule has 1 heterocycles. The van der Waals surface area contributed by atoms with Crippen LogP contribution in [-0.4, -0.2) is 11.5 Å². The number of halogens is 4. The maximum Gasteiger partial charge on any atom is 0.169 e. The smallest absolute Gasteiger partial charge is 0.169 e. The van der Waals surface area contributed by atoms with Crippen LogP contribution in [0.25, 0.3) is 0 Å². The molecule has 20 heavy (non-hydrogen) atoms. The number of benzene rings is 1. The molecule has 0 aliphatic carbocycles. The summed E-state index contributed by atoms with van der Waals surface area (Å²) in [7, 11) is 0. The zero-order valence-electron chi connectivity index (χ0n) is 10.5. The third-order valence-corrected chi connectivity index (χ3v) is 3.80. The van der Waals surface area contributed by atoms with E-state index in [9.17, 15) is 8.78 Å². The molecule has 1 aromatic heterocycles. The number of hydrogen-bond acceptors (Lipinski definition) is 3. The molecule has 106 valence electrons. The third kappa shape index (κ3) is 3.27. The monoisotopic (exact) mass is 405 g/mol. The van der Waals surface area contributed by atoms with Crippen LogP contribution < -0.4 is 10.6 Å². The van der Waals surface area contributed by atoms with Crippen molar-refractivity contribution in [2.75, 3.05) is 17.2 Å². The van der Waals surface area contributed by atoms with E-state index in [-0.39, 0.29) is 11.6 Å². The van der Waals surface area contributed by atoms with Gasteiger partial charge in [0.15, 0.2) is 23.3 Å². The molecule has 0 atom stereocenters. The summed E-state index contributed by atoms with van der Waals surface area (Å²) in [6, 6.07) is 6.25. The zero-order chi connectivity index (χ0) is 14.7. The molecule has 2 rings (SSSR count). The Morgan fingerprint density at radius 3 is 2.30 bits per heavy atom. The van der Waals surface area contributed by atoms with Crippen LogP contribution in [0.1, 0.15) is 6.92 Å². The van der Waals surface area contributed by atoms with Crippen molar-refractivity contribution in [2.24, 2.45) is 0 Å². The van der Waals surface area contributed by atoms with Crippen molar-refractivity contribution in [3.05, 3.63) is 44.8 Å². The van der Waals surface area contributed by atoms with E-state index >= 15 is 0 Å². The topological polar surface area (TPSA) is 37.0 Å². The number of hydrogen-bond donors (Lipinski definition) is 2. The van der Waals surface area contributed by atoms with Crippen LogP contribution in [-0.2, 0) is 0 Å². The van der Waals surface area contributed by atoms with Gasteiger partial charge in [-0.25, -0.2) is 13.8 Å². The number of anilines is 3. The standard InChI is InChI=1S/C13H11Br2F2N3/c1-2-18-12-9(16)6-10(17)13(20-12)19-11-7(14)4-3-5-8(11)15/h3-6H,2H2,1H3,(H2,18,19,20). The predicted octanol–water partition coefficient (Wildman–Crippen LogP) is 5.06. The van der Waals surface area contributed by atoms with Gasteiger partial charge in [-0.1, -0.05) is 6.07 Å². The van der Waals surface area contributed by atoms with E-state index in [1.54, 1.807) is 12.1 Å². The van der Waals surface area contributed by atoms with E-state index < -0.39 is 11.6 Å². The number of rotatable bonds is 4. The molecule has 3 nitrogen and oxygen atoms in total. The molecule has 2 N–H and O–H groups in total. The van der Waals surface area contributed by atoms with Crippen LogP contribution in [0.5, 0.6) is 0 Å². The van der Waals surface area contributed by atoms with Crippen molar-refractivity contribution in [3.63, 3.8) is 0 Å². The fourth-order valence-corrected chi connectivity index (χ4v) is 2.78. The highest BCUT2D eigenvalue weighted by atomic mass is 79.9. The summed E-state index contributed by atoms with van der Waals surface area (Å²) in [6.07, 6.45) is 0. The molecule has 0 radical (unpaired) electrons. The van der Waals surface area contributed by atoms with Gasteiger partial charge in [0.05, 0.1) is 5.69 Å². The fourth-order valence-electron chi connectivity index (χ4n) is 1.58. The second-order valence-electron chi connectivity index (χ2n) is 3.90. The van der Waals surface area contributed by atoms with Crippen LogP contribution in [0.2, 0.25) is 0 Å². The lowest BCUT2D eigenvalue weighted by Gasteiger charge is -2.12. The van der Waals surface area contributed by atoms with E-state index in [1.807, 2.05) is 13.0 Å². The predicted molar refractivity (Wildman–Crippen MR) is 83.4 cm³/mol. The molecule has 0 fully saturated rings. The molecule has 0 aliphatic heterocycles. The van der Waals surface area contributed by atoms with Gasteiger partial charge in [0.2, 0.25) is 0 Å². The molecule has 0 aliphatic rings. The van der Waals surface area contributed by atoms with Crippen molar-refractivity contribution < 1.29 is 8.78 Å². The summed E-state index contributed by atoms with van der Waals surface area (Å²) in [4.78, 5) is 3.93. The fraction of sp³-hybridized carbons (Fsp3) is 0.154. The summed E-state index contributed by atoms with van der Waals surface area (Å²) >= 11 is 6.72. The highest BCUT2D eigenvalue weighted by Crippen LogP contribution is 2.33. The van der Waals surface area contributed by atoms with Crippen LogP contribution in [0, 0.1) is 11.6 Å². The number of para-hydroxylation sites is 1. The Morgan fingerprint density at radius 1 is 1.10 bits per heavy atom. The van der Waals surface area contributed by atoms with Gasteiger partial charge in [0, 0.05) is 21.6 Å². The van der Waals surface area contributed by atoms with Gasteiger partial charge < -0.3 is 10.6 Å². The Labute approximate surface area is 132 Å². The SMILES string of the molecule is CCNc1nc(Nc2c(Br)cccc2Br)c(F)cc1F. The van der Waals surface area contributed by atoms with Crippen LogP contribution in [0.4, 0.5) is 26.1 Å². The van der Waals surface area contributed by atoms with Gasteiger partial charge in [-0.15, -0.1) is 0 Å². The minimum atomic E-state index is -0.758. The van der Waals surface area contributed by atoms with Gasteiger partial charge in [-0.05, 0) is 50.9 Å². The minimum Gasteiger partial charge on any atom is -0.368 e. The van der Waals surface area contributed by atoms with Crippen molar-refractivity contribution in [3.8, 4) is 0 Å². The lowest BCUT2D eigenvalue weighted by atomic mass is 10.3. The maximum absolute atomic E-state index is 13.8. The number of nitrogens with one attached hydrogen (secondary N) is 2. The van der Waals surface area contributed by atoms with Crippen molar-refractivity contribution >= 4 is 49.2 Å². The van der Waals surface area contributed by atoms with Gasteiger partial charge >= 0.3 is 0 Å². The van der Waals surface area contributed by atoms with Gasteiger partial charge in [0.25, 0.3) is 0 Å². The highest BCUT2D eigenvalue weighted by Gasteiger charge is 2.14. The van der Waals surface area contributed by atoms with E-state index in [2.05, 4.69) is 47.5 Å². The summed E-state index contributed by atoms with van der Waals surface area (Å²) in [6.45, 7) is 2.30. The third-order valence-electron chi connectivity index (χ3n) is 2.48. The first-order valence-corrected chi connectivity index (χ1v) is 7.42. The largest absolute Gasteiger partial charge is 0.368 e. The van der Waals surface area contributed by atoms with Crippen LogP contribution in [0.15, 0.2) is 33.2 Å². The normalized spacial score (nSPS) is 10.4. The first kappa shape index (κ1) is 15.2. The average molecular weight is 407 g/mol. The van der Waals surface area contributed by atoms with Gasteiger partial charge in [-0.3, -0.25) is 0 Å². The van der Waals surface area contributed by atoms with E-state index in [1.165, 1.54) is 0 Å². The van der Waals surface area contributed by atoms with E-state index in [0.29, 0.717) is 12.2 Å². The zero-order valence-corrected chi connectivity index (χ0v) is 13.6. The van der Waals surface area contributed by atoms with Crippen molar-refractivity contribution in [2.45, 2.75) is 6.92 Å². The quantitative estimate of drug-likeness (QED) is 0.744. The number of nitrogens with zero attached hydrogens (tertiary/aromatic N) is 1. The molecule has 1 aromatic carbocycles. The first-order chi connectivity index (χ1) is 9.52. The minimum absolute atomic E-state index is 0.0135. The van der Waals surface area contributed by atoms with Gasteiger partial charge in [0.1, 0.15) is 0 Å².